The summed E-state index contributed by atoms with van der Waals surface area (Å²) in [6.07, 6.45) is 3.57. The molecule has 0 aliphatic heterocycles. The van der Waals surface area contributed by atoms with Crippen molar-refractivity contribution in [2.45, 2.75) is 6.54 Å². The van der Waals surface area contributed by atoms with Gasteiger partial charge in [0, 0.05) is 17.3 Å². The zero-order valence-corrected chi connectivity index (χ0v) is 7.98. The van der Waals surface area contributed by atoms with E-state index in [9.17, 15) is 0 Å². The van der Waals surface area contributed by atoms with E-state index in [1.165, 1.54) is 0 Å². The van der Waals surface area contributed by atoms with E-state index >= 15 is 0 Å². The number of aromatic nitrogens is 2. The summed E-state index contributed by atoms with van der Waals surface area (Å²) in [6, 6.07) is 9.55. The standard InChI is InChI=1S/C10H9N5/c11-14-12-8-9-4-1-2-5-10(9)15-7-3-6-13-15/h1-7H,8H2. The zero-order valence-electron chi connectivity index (χ0n) is 7.98. The van der Waals surface area contributed by atoms with Crippen molar-refractivity contribution in [3.63, 3.8) is 0 Å². The second-order valence-corrected chi connectivity index (χ2v) is 2.97. The van der Waals surface area contributed by atoms with E-state index in [0.717, 1.165) is 11.3 Å². The summed E-state index contributed by atoms with van der Waals surface area (Å²) in [4.78, 5) is 2.75. The van der Waals surface area contributed by atoms with E-state index in [1.807, 2.05) is 36.5 Å². The predicted molar refractivity (Wildman–Crippen MR) is 56.4 cm³/mol. The monoisotopic (exact) mass is 199 g/mol. The van der Waals surface area contributed by atoms with E-state index in [4.69, 9.17) is 5.53 Å². The Labute approximate surface area is 86.6 Å². The maximum Gasteiger partial charge on any atom is 0.0678 e. The molecular weight excluding hydrogens is 190 g/mol. The highest BCUT2D eigenvalue weighted by Gasteiger charge is 2.01. The molecule has 5 nitrogen and oxygen atoms in total. The minimum atomic E-state index is 0.340. The summed E-state index contributed by atoms with van der Waals surface area (Å²) in [5.41, 5.74) is 10.2. The molecule has 0 saturated heterocycles. The van der Waals surface area contributed by atoms with Gasteiger partial charge in [0.05, 0.1) is 12.2 Å². The molecule has 0 atom stereocenters. The van der Waals surface area contributed by atoms with Crippen LogP contribution in [0.4, 0.5) is 0 Å². The van der Waals surface area contributed by atoms with Gasteiger partial charge in [-0.2, -0.15) is 5.10 Å². The number of azide groups is 1. The fraction of sp³-hybridized carbons (Fsp3) is 0.100. The molecule has 0 unspecified atom stereocenters. The van der Waals surface area contributed by atoms with Crippen LogP contribution >= 0.6 is 0 Å². The zero-order chi connectivity index (χ0) is 10.5. The van der Waals surface area contributed by atoms with Crippen LogP contribution in [-0.4, -0.2) is 9.78 Å². The average molecular weight is 199 g/mol. The quantitative estimate of drug-likeness (QED) is 0.425. The lowest BCUT2D eigenvalue weighted by Gasteiger charge is -2.06. The van der Waals surface area contributed by atoms with E-state index < -0.39 is 0 Å². The third-order valence-electron chi connectivity index (χ3n) is 2.05. The molecule has 0 radical (unpaired) electrons. The number of hydrogen-bond donors (Lipinski definition) is 0. The van der Waals surface area contributed by atoms with Gasteiger partial charge in [-0.3, -0.25) is 0 Å². The first-order valence-electron chi connectivity index (χ1n) is 4.50. The summed E-state index contributed by atoms with van der Waals surface area (Å²) in [5, 5.41) is 7.69. The van der Waals surface area contributed by atoms with Gasteiger partial charge >= 0.3 is 0 Å². The van der Waals surface area contributed by atoms with E-state index in [1.54, 1.807) is 10.9 Å². The molecular formula is C10H9N5. The Morgan fingerprint density at radius 3 is 2.93 bits per heavy atom. The van der Waals surface area contributed by atoms with Crippen molar-refractivity contribution >= 4 is 0 Å². The molecule has 74 valence electrons. The van der Waals surface area contributed by atoms with Crippen LogP contribution < -0.4 is 0 Å². The molecule has 0 amide bonds. The first-order chi connectivity index (χ1) is 7.42. The minimum absolute atomic E-state index is 0.340. The Morgan fingerprint density at radius 2 is 2.20 bits per heavy atom. The van der Waals surface area contributed by atoms with Crippen LogP contribution in [0.25, 0.3) is 16.1 Å². The molecule has 5 heteroatoms. The van der Waals surface area contributed by atoms with Gasteiger partial charge in [0.2, 0.25) is 0 Å². The molecule has 2 aromatic rings. The molecule has 1 aromatic carbocycles. The van der Waals surface area contributed by atoms with Crippen LogP contribution in [0.15, 0.2) is 47.8 Å². The average Bonchev–Trinajstić information content (AvgIpc) is 2.80. The lowest BCUT2D eigenvalue weighted by molar-refractivity contribution is 0.857. The van der Waals surface area contributed by atoms with Crippen molar-refractivity contribution in [1.29, 1.82) is 0 Å². The van der Waals surface area contributed by atoms with Gasteiger partial charge in [-0.05, 0) is 23.2 Å². The number of para-hydroxylation sites is 1. The second kappa shape index (κ2) is 4.30. The maximum absolute atomic E-state index is 8.28. The highest BCUT2D eigenvalue weighted by atomic mass is 15.3. The topological polar surface area (TPSA) is 66.6 Å². The van der Waals surface area contributed by atoms with Crippen molar-refractivity contribution in [3.8, 4) is 5.69 Å². The SMILES string of the molecule is [N-]=[N+]=NCc1ccccc1-n1cccn1. The van der Waals surface area contributed by atoms with Crippen LogP contribution in [0.2, 0.25) is 0 Å². The lowest BCUT2D eigenvalue weighted by Crippen LogP contribution is -1.98. The van der Waals surface area contributed by atoms with Gasteiger partial charge in [0.15, 0.2) is 0 Å². The molecule has 0 N–H and O–H groups in total. The fourth-order valence-corrected chi connectivity index (χ4v) is 1.39. The Balaban J connectivity index is 2.42. The van der Waals surface area contributed by atoms with E-state index in [0.29, 0.717) is 6.54 Å². The molecule has 15 heavy (non-hydrogen) atoms. The van der Waals surface area contributed by atoms with Crippen molar-refractivity contribution in [2.75, 3.05) is 0 Å². The summed E-state index contributed by atoms with van der Waals surface area (Å²) in [5.74, 6) is 0. The van der Waals surface area contributed by atoms with Crippen molar-refractivity contribution in [1.82, 2.24) is 9.78 Å². The highest BCUT2D eigenvalue weighted by molar-refractivity contribution is 5.40. The third-order valence-corrected chi connectivity index (χ3v) is 2.05. The minimum Gasteiger partial charge on any atom is -0.241 e. The third kappa shape index (κ3) is 1.98. The Morgan fingerprint density at radius 1 is 1.33 bits per heavy atom. The largest absolute Gasteiger partial charge is 0.241 e. The van der Waals surface area contributed by atoms with Crippen molar-refractivity contribution in [3.05, 3.63) is 58.7 Å². The highest BCUT2D eigenvalue weighted by Crippen LogP contribution is 2.14. The Bertz CT molecular complexity index is 482. The predicted octanol–water partition coefficient (Wildman–Crippen LogP) is 2.68. The van der Waals surface area contributed by atoms with E-state index in [-0.39, 0.29) is 0 Å². The lowest BCUT2D eigenvalue weighted by atomic mass is 10.2. The summed E-state index contributed by atoms with van der Waals surface area (Å²) >= 11 is 0. The fourth-order valence-electron chi connectivity index (χ4n) is 1.39. The van der Waals surface area contributed by atoms with Crippen LogP contribution in [0.5, 0.6) is 0 Å². The van der Waals surface area contributed by atoms with Crippen LogP contribution in [0.3, 0.4) is 0 Å². The molecule has 0 fully saturated rings. The first-order valence-corrected chi connectivity index (χ1v) is 4.50. The summed E-state index contributed by atoms with van der Waals surface area (Å²) in [6.45, 7) is 0.340. The van der Waals surface area contributed by atoms with Gasteiger partial charge in [-0.15, -0.1) is 0 Å². The summed E-state index contributed by atoms with van der Waals surface area (Å²) in [7, 11) is 0. The molecule has 0 saturated carbocycles. The Hall–Kier alpha value is -2.26. The van der Waals surface area contributed by atoms with Gasteiger partial charge in [0.1, 0.15) is 0 Å². The molecule has 0 spiro atoms. The van der Waals surface area contributed by atoms with Gasteiger partial charge in [-0.25, -0.2) is 4.68 Å². The van der Waals surface area contributed by atoms with E-state index in [2.05, 4.69) is 15.1 Å². The maximum atomic E-state index is 8.28. The van der Waals surface area contributed by atoms with Gasteiger partial charge < -0.3 is 0 Å². The molecule has 2 rings (SSSR count). The van der Waals surface area contributed by atoms with Gasteiger partial charge in [-0.1, -0.05) is 23.3 Å². The van der Waals surface area contributed by atoms with Gasteiger partial charge in [0.25, 0.3) is 0 Å². The van der Waals surface area contributed by atoms with Crippen molar-refractivity contribution < 1.29 is 0 Å². The first kappa shape index (κ1) is 9.30. The second-order valence-electron chi connectivity index (χ2n) is 2.97. The van der Waals surface area contributed by atoms with Crippen LogP contribution in [0.1, 0.15) is 5.56 Å². The molecule has 0 aliphatic carbocycles. The molecule has 1 aromatic heterocycles. The molecule has 0 bridgehead atoms. The normalized spacial score (nSPS) is 9.60. The van der Waals surface area contributed by atoms with Crippen LogP contribution in [0, 0.1) is 0 Å². The number of nitrogens with zero attached hydrogens (tertiary/aromatic N) is 5. The number of rotatable bonds is 3. The molecule has 0 aliphatic rings. The number of benzene rings is 1. The smallest absolute Gasteiger partial charge is 0.0678 e. The summed E-state index contributed by atoms with van der Waals surface area (Å²) < 4.78 is 1.75. The number of hydrogen-bond acceptors (Lipinski definition) is 2. The Kier molecular flexibility index (Phi) is 2.67. The molecule has 1 heterocycles. The van der Waals surface area contributed by atoms with Crippen LogP contribution in [-0.2, 0) is 6.54 Å². The van der Waals surface area contributed by atoms with Crippen molar-refractivity contribution in [2.24, 2.45) is 5.11 Å².